The van der Waals surface area contributed by atoms with Gasteiger partial charge in [-0.3, -0.25) is 4.79 Å². The molecule has 41 heavy (non-hydrogen) atoms. The highest BCUT2D eigenvalue weighted by atomic mass is 32.1. The van der Waals surface area contributed by atoms with E-state index in [9.17, 15) is 14.7 Å². The quantitative estimate of drug-likeness (QED) is 0.113. The molecule has 0 fully saturated rings. The van der Waals surface area contributed by atoms with Crippen LogP contribution in [-0.2, 0) is 27.2 Å². The number of ether oxygens (including phenoxy) is 3. The molecule has 1 heterocycles. The number of halogens is 1. The van der Waals surface area contributed by atoms with E-state index >= 15 is 4.39 Å². The van der Waals surface area contributed by atoms with Crippen molar-refractivity contribution in [1.82, 2.24) is 9.88 Å². The number of carbonyl (C=O) groups is 2. The fraction of sp³-hybridized carbons (Fsp3) is 0.433. The molecule has 8 nitrogen and oxygen atoms in total. The van der Waals surface area contributed by atoms with E-state index in [4.69, 9.17) is 14.2 Å². The van der Waals surface area contributed by atoms with Gasteiger partial charge < -0.3 is 24.2 Å². The van der Waals surface area contributed by atoms with Crippen LogP contribution >= 0.6 is 11.3 Å². The van der Waals surface area contributed by atoms with Gasteiger partial charge in [-0.25, -0.2) is 14.2 Å². The average molecular weight is 602 g/mol. The number of amides is 1. The summed E-state index contributed by atoms with van der Waals surface area (Å²) < 4.78 is 32.3. The zero-order valence-electron chi connectivity index (χ0n) is 24.0. The molecule has 2 aromatic carbocycles. The Kier molecular flexibility index (Phi) is 12.9. The molecule has 0 aliphatic heterocycles. The van der Waals surface area contributed by atoms with Crippen molar-refractivity contribution in [2.45, 2.75) is 58.5 Å². The van der Waals surface area contributed by atoms with Crippen LogP contribution in [0.15, 0.2) is 48.5 Å². The van der Waals surface area contributed by atoms with E-state index in [1.807, 2.05) is 30.3 Å². The third-order valence-electron chi connectivity index (χ3n) is 6.27. The first-order valence-electron chi connectivity index (χ1n) is 13.6. The van der Waals surface area contributed by atoms with Crippen LogP contribution < -0.4 is 4.74 Å². The first kappa shape index (κ1) is 32.4. The molecule has 0 saturated carbocycles. The molecular formula is C30H38FN2O6SSi. The number of rotatable bonds is 17. The number of aromatic carboxylic acids is 1. The van der Waals surface area contributed by atoms with Crippen LogP contribution in [-0.4, -0.2) is 62.2 Å². The van der Waals surface area contributed by atoms with Crippen molar-refractivity contribution in [3.63, 3.8) is 0 Å². The molecule has 0 spiro atoms. The first-order chi connectivity index (χ1) is 19.7. The molecule has 0 aliphatic carbocycles. The van der Waals surface area contributed by atoms with Crippen LogP contribution in [0, 0.1) is 12.7 Å². The summed E-state index contributed by atoms with van der Waals surface area (Å²) in [6.07, 6.45) is 0.0976. The lowest BCUT2D eigenvalue weighted by molar-refractivity contribution is -0.156. The Balaban J connectivity index is 1.87. The smallest absolute Gasteiger partial charge is 0.355 e. The molecule has 1 aromatic heterocycles. The normalized spacial score (nSPS) is 12.0. The van der Waals surface area contributed by atoms with Gasteiger partial charge in [0.05, 0.1) is 13.2 Å². The van der Waals surface area contributed by atoms with Crippen LogP contribution in [0.4, 0.5) is 4.39 Å². The Bertz CT molecular complexity index is 1270. The summed E-state index contributed by atoms with van der Waals surface area (Å²) in [6.45, 7) is 8.96. The molecule has 1 atom stereocenters. The fourth-order valence-corrected chi connectivity index (χ4v) is 5.65. The predicted octanol–water partition coefficient (Wildman–Crippen LogP) is 6.14. The van der Waals surface area contributed by atoms with Crippen molar-refractivity contribution >= 4 is 32.0 Å². The molecule has 0 saturated heterocycles. The minimum absolute atomic E-state index is 0.0341. The van der Waals surface area contributed by atoms with E-state index in [1.165, 1.54) is 23.5 Å². The summed E-state index contributed by atoms with van der Waals surface area (Å²) in [5.41, 5.74) is 1.17. The lowest BCUT2D eigenvalue weighted by Gasteiger charge is -2.27. The number of thiazole rings is 1. The Morgan fingerprint density at radius 1 is 1.17 bits per heavy atom. The maximum absolute atomic E-state index is 15.3. The predicted molar refractivity (Wildman–Crippen MR) is 158 cm³/mol. The maximum Gasteiger partial charge on any atom is 0.355 e. The molecule has 1 unspecified atom stereocenters. The van der Waals surface area contributed by atoms with Gasteiger partial charge in [0, 0.05) is 38.5 Å². The van der Waals surface area contributed by atoms with Crippen molar-refractivity contribution in [3.05, 3.63) is 81.1 Å². The molecule has 11 heteroatoms. The summed E-state index contributed by atoms with van der Waals surface area (Å²) in [7, 11) is -0.485. The molecule has 0 bridgehead atoms. The molecule has 3 rings (SSSR count). The molecule has 1 N–H and O–H groups in total. The Morgan fingerprint density at radius 3 is 2.56 bits per heavy atom. The number of carboxylic acid groups (broad SMARTS) is 1. The van der Waals surface area contributed by atoms with E-state index in [0.717, 1.165) is 18.0 Å². The van der Waals surface area contributed by atoms with Crippen molar-refractivity contribution in [2.75, 3.05) is 26.6 Å². The van der Waals surface area contributed by atoms with Crippen LogP contribution in [0.2, 0.25) is 19.1 Å². The highest BCUT2D eigenvalue weighted by Crippen LogP contribution is 2.28. The standard InChI is InChI=1S/C30H38FN2O6SSi/c1-5-38-23-13-14-24(25(31)18-23)28(39-20-37-16-17-41(3)4)29(34)33(15-9-12-22-10-7-6-8-11-22)19-26-32-27(30(35)36)21(2)40-26/h6-8,10-11,13-14,18,28H,5,9,12,15-17,19-20H2,1-4H3,(H,35,36). The van der Waals surface area contributed by atoms with Crippen LogP contribution in [0.25, 0.3) is 0 Å². The zero-order valence-corrected chi connectivity index (χ0v) is 25.8. The summed E-state index contributed by atoms with van der Waals surface area (Å²) in [6, 6.07) is 15.2. The van der Waals surface area contributed by atoms with E-state index in [2.05, 4.69) is 18.1 Å². The second kappa shape index (κ2) is 16.4. The molecule has 1 amide bonds. The highest BCUT2D eigenvalue weighted by Gasteiger charge is 2.30. The molecule has 0 aliphatic rings. The second-order valence-corrected chi connectivity index (χ2v) is 14.0. The molecule has 1 radical (unpaired) electrons. The van der Waals surface area contributed by atoms with Crippen LogP contribution in [0.3, 0.4) is 0 Å². The van der Waals surface area contributed by atoms with Gasteiger partial charge in [-0.05, 0) is 50.4 Å². The highest BCUT2D eigenvalue weighted by molar-refractivity contribution is 7.11. The minimum Gasteiger partial charge on any atom is -0.494 e. The monoisotopic (exact) mass is 601 g/mol. The lowest BCUT2D eigenvalue weighted by atomic mass is 10.1. The van der Waals surface area contributed by atoms with Gasteiger partial charge in [-0.1, -0.05) is 43.4 Å². The summed E-state index contributed by atoms with van der Waals surface area (Å²) in [5, 5.41) is 9.95. The Hall–Kier alpha value is -3.12. The number of hydrogen-bond acceptors (Lipinski definition) is 7. The third kappa shape index (κ3) is 10.0. The number of carboxylic acids is 1. The summed E-state index contributed by atoms with van der Waals surface area (Å²) >= 11 is 1.22. The number of aromatic nitrogens is 1. The van der Waals surface area contributed by atoms with Gasteiger partial charge >= 0.3 is 5.97 Å². The number of aryl methyl sites for hydroxylation is 2. The van der Waals surface area contributed by atoms with E-state index in [0.29, 0.717) is 41.8 Å². The van der Waals surface area contributed by atoms with Crippen molar-refractivity contribution in [2.24, 2.45) is 0 Å². The number of carbonyl (C=O) groups excluding carboxylic acids is 1. The van der Waals surface area contributed by atoms with Gasteiger partial charge in [0.15, 0.2) is 11.8 Å². The molecule has 221 valence electrons. The third-order valence-corrected chi connectivity index (χ3v) is 8.43. The summed E-state index contributed by atoms with van der Waals surface area (Å²) in [4.78, 5) is 32.0. The SMILES string of the molecule is CCOc1ccc(C(OCOCC[Si](C)C)C(=O)N(CCCc2ccccc2)Cc2nc(C(=O)O)c(C)s2)c(F)c1. The largest absolute Gasteiger partial charge is 0.494 e. The number of nitrogens with zero attached hydrogens (tertiary/aromatic N) is 2. The van der Waals surface area contributed by atoms with Gasteiger partial charge in [0.25, 0.3) is 5.91 Å². The lowest BCUT2D eigenvalue weighted by Crippen LogP contribution is -2.37. The number of benzene rings is 2. The molecular weight excluding hydrogens is 563 g/mol. The van der Waals surface area contributed by atoms with E-state index in [1.54, 1.807) is 24.8 Å². The summed E-state index contributed by atoms with van der Waals surface area (Å²) in [5.74, 6) is -1.84. The topological polar surface area (TPSA) is 98.2 Å². The van der Waals surface area contributed by atoms with Crippen LogP contribution in [0.1, 0.15) is 50.9 Å². The minimum atomic E-state index is -1.27. The Labute approximate surface area is 246 Å². The van der Waals surface area contributed by atoms with Crippen molar-refractivity contribution in [3.8, 4) is 5.75 Å². The van der Waals surface area contributed by atoms with Gasteiger partial charge in [-0.15, -0.1) is 11.3 Å². The van der Waals surface area contributed by atoms with E-state index < -0.39 is 32.6 Å². The van der Waals surface area contributed by atoms with E-state index in [-0.39, 0.29) is 24.6 Å². The zero-order chi connectivity index (χ0) is 29.8. The average Bonchev–Trinajstić information content (AvgIpc) is 3.31. The fourth-order valence-electron chi connectivity index (χ4n) is 4.15. The van der Waals surface area contributed by atoms with Crippen molar-refractivity contribution < 1.29 is 33.3 Å². The second-order valence-electron chi connectivity index (χ2n) is 9.81. The number of hydrogen-bond donors (Lipinski definition) is 1. The Morgan fingerprint density at radius 2 is 1.93 bits per heavy atom. The molecule has 3 aromatic rings. The van der Waals surface area contributed by atoms with Crippen molar-refractivity contribution in [1.29, 1.82) is 0 Å². The van der Waals surface area contributed by atoms with Gasteiger partial charge in [0.1, 0.15) is 23.4 Å². The maximum atomic E-state index is 15.3. The van der Waals surface area contributed by atoms with Crippen LogP contribution in [0.5, 0.6) is 5.75 Å². The van der Waals surface area contributed by atoms with Gasteiger partial charge in [-0.2, -0.15) is 0 Å². The van der Waals surface area contributed by atoms with Gasteiger partial charge in [0.2, 0.25) is 0 Å². The first-order valence-corrected chi connectivity index (χ1v) is 17.1.